The highest BCUT2D eigenvalue weighted by molar-refractivity contribution is 7.98. The molecular weight excluding hydrogens is 1240 g/mol. The van der Waals surface area contributed by atoms with Gasteiger partial charge in [-0.25, -0.2) is 4.79 Å². The number of carbonyl (C=O) groups excluding carboxylic acids is 11. The summed E-state index contributed by atoms with van der Waals surface area (Å²) < 4.78 is 0. The lowest BCUT2D eigenvalue weighted by Crippen LogP contribution is -2.62. The molecule has 33 nitrogen and oxygen atoms in total. The fourth-order valence-corrected chi connectivity index (χ4v) is 10.7. The number of hydrogen-bond acceptors (Lipinski definition) is 18. The van der Waals surface area contributed by atoms with Gasteiger partial charge >= 0.3 is 17.9 Å². The molecule has 2 aliphatic heterocycles. The number of aliphatic imine (C=N–C) groups is 1. The number of carbonyl (C=O) groups is 14. The van der Waals surface area contributed by atoms with Crippen molar-refractivity contribution >= 4 is 101 Å². The number of amides is 11. The molecule has 19 N–H and O–H groups in total. The number of likely N-dealkylation sites (tertiary alicyclic amines) is 2. The first-order valence-electron chi connectivity index (χ1n) is 31.5. The molecule has 0 bridgehead atoms. The predicted molar refractivity (Wildman–Crippen MR) is 340 cm³/mol. The van der Waals surface area contributed by atoms with E-state index in [0.717, 1.165) is 6.92 Å². The number of nitrogens with one attached hydrogen (secondary N) is 9. The minimum Gasteiger partial charge on any atom is -0.481 e. The number of thioether (sulfide) groups is 1. The fraction of sp³-hybridized carbons (Fsp3) is 0.746. The van der Waals surface area contributed by atoms with Gasteiger partial charge in [0, 0.05) is 26.1 Å². The second kappa shape index (κ2) is 39.6. The molecular formula is C59H101N15O18S. The summed E-state index contributed by atoms with van der Waals surface area (Å²) in [5.41, 5.74) is 17.1. The van der Waals surface area contributed by atoms with Crippen molar-refractivity contribution in [2.24, 2.45) is 45.9 Å². The molecule has 11 amide bonds. The van der Waals surface area contributed by atoms with E-state index in [2.05, 4.69) is 52.8 Å². The molecule has 0 aromatic rings. The van der Waals surface area contributed by atoms with Crippen LogP contribution in [0.4, 0.5) is 0 Å². The van der Waals surface area contributed by atoms with Gasteiger partial charge in [-0.1, -0.05) is 61.8 Å². The fourth-order valence-electron chi connectivity index (χ4n) is 10.3. The van der Waals surface area contributed by atoms with Crippen molar-refractivity contribution in [2.45, 2.75) is 225 Å². The second-order valence-corrected chi connectivity index (χ2v) is 25.7. The summed E-state index contributed by atoms with van der Waals surface area (Å²) in [7, 11) is 0. The molecule has 0 unspecified atom stereocenters. The van der Waals surface area contributed by atoms with Gasteiger partial charge in [0.05, 0.1) is 18.6 Å². The van der Waals surface area contributed by atoms with Crippen molar-refractivity contribution in [3.8, 4) is 0 Å². The van der Waals surface area contributed by atoms with Crippen LogP contribution in [-0.2, 0) is 67.1 Å². The third-order valence-electron chi connectivity index (χ3n) is 16.0. The topological polar surface area (TPSA) is 525 Å². The lowest BCUT2D eigenvalue weighted by atomic mass is 9.98. The monoisotopic (exact) mass is 1340 g/mol. The molecule has 2 saturated heterocycles. The quantitative estimate of drug-likeness (QED) is 0.0162. The largest absolute Gasteiger partial charge is 0.481 e. The van der Waals surface area contributed by atoms with Crippen molar-refractivity contribution in [1.29, 1.82) is 0 Å². The van der Waals surface area contributed by atoms with Crippen LogP contribution in [0.5, 0.6) is 0 Å². The Balaban J connectivity index is 2.33. The molecule has 0 saturated carbocycles. The minimum absolute atomic E-state index is 0.00906. The summed E-state index contributed by atoms with van der Waals surface area (Å²) in [6.45, 7) is 16.1. The Morgan fingerprint density at radius 1 is 0.548 bits per heavy atom. The average Bonchev–Trinajstić information content (AvgIpc) is 2.04. The van der Waals surface area contributed by atoms with Crippen LogP contribution in [0, 0.1) is 23.7 Å². The summed E-state index contributed by atoms with van der Waals surface area (Å²) in [5.74, 6) is -15.5. The maximum atomic E-state index is 14.3. The first-order valence-corrected chi connectivity index (χ1v) is 32.9. The number of nitrogens with two attached hydrogens (primary N) is 3. The van der Waals surface area contributed by atoms with Gasteiger partial charge in [0.25, 0.3) is 0 Å². The van der Waals surface area contributed by atoms with Crippen LogP contribution in [0.25, 0.3) is 0 Å². The summed E-state index contributed by atoms with van der Waals surface area (Å²) in [6, 6.07) is -16.7. The Labute approximate surface area is 546 Å². The van der Waals surface area contributed by atoms with Crippen LogP contribution in [0.2, 0.25) is 0 Å². The molecule has 0 radical (unpaired) electrons. The van der Waals surface area contributed by atoms with Crippen molar-refractivity contribution in [1.82, 2.24) is 57.7 Å². The molecule has 0 spiro atoms. The van der Waals surface area contributed by atoms with E-state index in [1.165, 1.54) is 28.5 Å². The zero-order valence-electron chi connectivity index (χ0n) is 55.1. The van der Waals surface area contributed by atoms with Crippen LogP contribution in [-0.4, -0.2) is 229 Å². The van der Waals surface area contributed by atoms with Crippen LogP contribution in [0.15, 0.2) is 4.99 Å². The van der Waals surface area contributed by atoms with Gasteiger partial charge in [0.1, 0.15) is 66.5 Å². The number of aliphatic carboxylic acids is 3. The molecule has 0 aromatic carbocycles. The van der Waals surface area contributed by atoms with E-state index in [9.17, 15) is 87.5 Å². The van der Waals surface area contributed by atoms with Crippen LogP contribution in [0.1, 0.15) is 146 Å². The summed E-state index contributed by atoms with van der Waals surface area (Å²) in [6.07, 6.45) is -0.498. The van der Waals surface area contributed by atoms with Gasteiger partial charge in [0.2, 0.25) is 65.0 Å². The van der Waals surface area contributed by atoms with Crippen LogP contribution >= 0.6 is 11.8 Å². The summed E-state index contributed by atoms with van der Waals surface area (Å²) in [4.78, 5) is 195. The molecule has 14 atom stereocenters. The first kappa shape index (κ1) is 81.2. The van der Waals surface area contributed by atoms with E-state index in [-0.39, 0.29) is 88.1 Å². The summed E-state index contributed by atoms with van der Waals surface area (Å²) in [5, 5.41) is 62.2. The third kappa shape index (κ3) is 26.6. The van der Waals surface area contributed by atoms with Gasteiger partial charge in [0.15, 0.2) is 5.96 Å². The van der Waals surface area contributed by atoms with Crippen LogP contribution < -0.4 is 65.1 Å². The van der Waals surface area contributed by atoms with Crippen molar-refractivity contribution < 1.29 is 87.5 Å². The molecule has 2 fully saturated rings. The molecule has 0 aliphatic carbocycles. The zero-order chi connectivity index (χ0) is 70.7. The van der Waals surface area contributed by atoms with E-state index in [1.54, 1.807) is 61.6 Å². The molecule has 526 valence electrons. The van der Waals surface area contributed by atoms with Crippen LogP contribution in [0.3, 0.4) is 0 Å². The number of nitrogens with zero attached hydrogens (tertiary/aromatic N) is 3. The van der Waals surface area contributed by atoms with Gasteiger partial charge in [-0.2, -0.15) is 11.8 Å². The van der Waals surface area contributed by atoms with E-state index < -0.39 is 193 Å². The van der Waals surface area contributed by atoms with E-state index in [4.69, 9.17) is 17.2 Å². The highest BCUT2D eigenvalue weighted by atomic mass is 32.2. The van der Waals surface area contributed by atoms with Gasteiger partial charge in [-0.3, -0.25) is 67.3 Å². The second-order valence-electron chi connectivity index (χ2n) is 24.7. The standard InChI is InChI=1S/C59H101N15O18S/c1-12-31(8)45(58(91)92)71-52(85)38(27-42(78)79)69-54(87)40-18-15-24-74(40)57(90)44(30(6)7)70-50(83)36(21-25-93-11)67-55(88)46(33(10)75)72-47(80)32(9)64-48(81)35(19-20-41(76)77)65-51(84)37(26-28(2)3)68-49(82)34(16-13-22-63-59(61)62)66-53(86)39-17-14-23-73(39)56(89)43(60)29(4)5/h28-40,43-46,75H,12-27,60H2,1-11H3,(H,64,81)(H,65,84)(H,66,86)(H,67,88)(H,68,82)(H,69,87)(H,70,83)(H,71,85)(H,72,80)(H,76,77)(H,78,79)(H,91,92)(H4,61,62,63)/t31-,32-,33+,34-,35-,36-,37-,38-,39-,40-,43-,44-,45-,46-/m0/s1. The predicted octanol–water partition coefficient (Wildman–Crippen LogP) is -3.31. The Kier molecular flexibility index (Phi) is 34.6. The number of aliphatic hydroxyl groups is 1. The molecule has 2 aliphatic rings. The Morgan fingerprint density at radius 3 is 1.52 bits per heavy atom. The maximum absolute atomic E-state index is 14.3. The number of aliphatic hydroxyl groups excluding tert-OH is 1. The number of carboxylic acid groups (broad SMARTS) is 3. The van der Waals surface area contributed by atoms with E-state index in [1.807, 2.05) is 0 Å². The van der Waals surface area contributed by atoms with E-state index >= 15 is 0 Å². The highest BCUT2D eigenvalue weighted by Gasteiger charge is 2.43. The Morgan fingerprint density at radius 2 is 1.02 bits per heavy atom. The molecule has 2 rings (SSSR count). The van der Waals surface area contributed by atoms with Crippen molar-refractivity contribution in [2.75, 3.05) is 31.6 Å². The van der Waals surface area contributed by atoms with Gasteiger partial charge in [-0.15, -0.1) is 0 Å². The molecule has 34 heteroatoms. The highest BCUT2D eigenvalue weighted by Crippen LogP contribution is 2.23. The lowest BCUT2D eigenvalue weighted by Gasteiger charge is -2.32. The van der Waals surface area contributed by atoms with E-state index in [0.29, 0.717) is 12.8 Å². The molecule has 93 heavy (non-hydrogen) atoms. The normalized spacial score (nSPS) is 18.5. The van der Waals surface area contributed by atoms with Gasteiger partial charge in [-0.05, 0) is 107 Å². The number of carboxylic acids is 3. The Bertz CT molecular complexity index is 2660. The number of hydrogen-bond donors (Lipinski definition) is 16. The van der Waals surface area contributed by atoms with Crippen molar-refractivity contribution in [3.63, 3.8) is 0 Å². The SMILES string of the molecule is CC[C@H](C)[C@H](NC(=O)[C@H](CC(=O)O)NC(=O)[C@@H]1CCCN1C(=O)[C@@H](NC(=O)[C@H](CCSC)NC(=O)[C@@H](NC(=O)[C@H](C)NC(=O)[C@H](CCC(=O)O)NC(=O)[C@H](CC(C)C)NC(=O)[C@H](CCCN=C(N)N)NC(=O)[C@@H]1CCCN1C(=O)[C@@H](N)C(C)C)[C@@H](C)O)C(C)C)C(=O)O. The van der Waals surface area contributed by atoms with Gasteiger partial charge < -0.3 is 95.3 Å². The first-order chi connectivity index (χ1) is 43.5. The number of rotatable bonds is 40. The number of guanidine groups is 1. The Hall–Kier alpha value is -7.88. The molecule has 2 heterocycles. The average molecular weight is 1340 g/mol. The maximum Gasteiger partial charge on any atom is 0.326 e. The molecule has 0 aromatic heterocycles. The zero-order valence-corrected chi connectivity index (χ0v) is 55.9. The lowest BCUT2D eigenvalue weighted by molar-refractivity contribution is -0.146. The smallest absolute Gasteiger partial charge is 0.326 e. The van der Waals surface area contributed by atoms with Crippen molar-refractivity contribution in [3.05, 3.63) is 0 Å². The third-order valence-corrected chi connectivity index (χ3v) is 16.6. The minimum atomic E-state index is -1.80. The summed E-state index contributed by atoms with van der Waals surface area (Å²) >= 11 is 1.29.